The maximum atomic E-state index is 13.1. The summed E-state index contributed by atoms with van der Waals surface area (Å²) in [6, 6.07) is 14.7. The quantitative estimate of drug-likeness (QED) is 0.739. The van der Waals surface area contributed by atoms with E-state index in [1.807, 2.05) is 36.4 Å². The summed E-state index contributed by atoms with van der Waals surface area (Å²) in [6.07, 6.45) is 2.47. The zero-order valence-corrected chi connectivity index (χ0v) is 15.9. The summed E-state index contributed by atoms with van der Waals surface area (Å²) < 4.78 is 7.09. The Balaban J connectivity index is 1.72. The fourth-order valence-corrected chi connectivity index (χ4v) is 3.58. The van der Waals surface area contributed by atoms with Crippen LogP contribution in [0, 0.1) is 0 Å². The second kappa shape index (κ2) is 7.84. The maximum absolute atomic E-state index is 13.1. The van der Waals surface area contributed by atoms with Gasteiger partial charge in [0.2, 0.25) is 0 Å². The number of ether oxygens (including phenoxy) is 1. The van der Waals surface area contributed by atoms with Crippen LogP contribution in [0.3, 0.4) is 0 Å². The molecule has 1 atom stereocenters. The average Bonchev–Trinajstić information content (AvgIpc) is 2.73. The molecule has 4 rings (SSSR count). The standard InChI is InChI=1S/C22H23N3O3/c1-2-3-13-25-22(27)16-9-5-4-8-15(16)20(24-25)21(26)23-18-12-14-28-19-11-7-6-10-17(18)19/h4-11,18H,2-3,12-14H2,1H3,(H,23,26)/t18-/m0/s1. The normalized spacial score (nSPS) is 15.7. The van der Waals surface area contributed by atoms with Crippen molar-refractivity contribution in [3.05, 3.63) is 70.1 Å². The van der Waals surface area contributed by atoms with Gasteiger partial charge in [0.25, 0.3) is 11.5 Å². The molecule has 2 heterocycles. The molecule has 0 spiro atoms. The summed E-state index contributed by atoms with van der Waals surface area (Å²) in [5.74, 6) is 0.521. The summed E-state index contributed by atoms with van der Waals surface area (Å²) in [7, 11) is 0. The largest absolute Gasteiger partial charge is 0.493 e. The van der Waals surface area contributed by atoms with E-state index in [1.165, 1.54) is 4.68 Å². The molecule has 28 heavy (non-hydrogen) atoms. The molecule has 6 nitrogen and oxygen atoms in total. The number of nitrogens with zero attached hydrogens (tertiary/aromatic N) is 2. The minimum atomic E-state index is -0.275. The monoisotopic (exact) mass is 377 g/mol. The molecule has 1 N–H and O–H groups in total. The van der Waals surface area contributed by atoms with Crippen molar-refractivity contribution in [2.24, 2.45) is 0 Å². The van der Waals surface area contributed by atoms with Crippen LogP contribution in [-0.4, -0.2) is 22.3 Å². The Morgan fingerprint density at radius 1 is 1.18 bits per heavy atom. The van der Waals surface area contributed by atoms with Crippen molar-refractivity contribution in [1.82, 2.24) is 15.1 Å². The fraction of sp³-hybridized carbons (Fsp3) is 0.318. The number of amides is 1. The first kappa shape index (κ1) is 18.2. The molecular weight excluding hydrogens is 354 g/mol. The van der Waals surface area contributed by atoms with Crippen molar-refractivity contribution in [1.29, 1.82) is 0 Å². The summed E-state index contributed by atoms with van der Waals surface area (Å²) in [4.78, 5) is 25.9. The molecule has 0 bridgehead atoms. The number of para-hydroxylation sites is 1. The van der Waals surface area contributed by atoms with Gasteiger partial charge in [-0.1, -0.05) is 49.7 Å². The number of aryl methyl sites for hydroxylation is 1. The number of carbonyl (C=O) groups excluding carboxylic acids is 1. The molecule has 1 aromatic heterocycles. The van der Waals surface area contributed by atoms with Gasteiger partial charge in [-0.15, -0.1) is 0 Å². The predicted molar refractivity (Wildman–Crippen MR) is 108 cm³/mol. The van der Waals surface area contributed by atoms with E-state index in [2.05, 4.69) is 17.3 Å². The molecule has 0 aliphatic carbocycles. The molecule has 144 valence electrons. The van der Waals surface area contributed by atoms with Crippen LogP contribution in [0.15, 0.2) is 53.3 Å². The van der Waals surface area contributed by atoms with Gasteiger partial charge in [-0.25, -0.2) is 4.68 Å². The lowest BCUT2D eigenvalue weighted by molar-refractivity contribution is 0.0919. The van der Waals surface area contributed by atoms with Crippen LogP contribution in [0.2, 0.25) is 0 Å². The third-order valence-electron chi connectivity index (χ3n) is 5.07. The smallest absolute Gasteiger partial charge is 0.274 e. The summed E-state index contributed by atoms with van der Waals surface area (Å²) in [5.41, 5.74) is 1.10. The minimum Gasteiger partial charge on any atom is -0.493 e. The zero-order chi connectivity index (χ0) is 19.5. The van der Waals surface area contributed by atoms with Crippen LogP contribution < -0.4 is 15.6 Å². The minimum absolute atomic E-state index is 0.144. The van der Waals surface area contributed by atoms with Gasteiger partial charge in [0.05, 0.1) is 18.0 Å². The predicted octanol–water partition coefficient (Wildman–Crippen LogP) is 3.45. The van der Waals surface area contributed by atoms with Crippen molar-refractivity contribution in [3.63, 3.8) is 0 Å². The van der Waals surface area contributed by atoms with Crippen molar-refractivity contribution in [2.45, 2.75) is 38.8 Å². The van der Waals surface area contributed by atoms with Gasteiger partial charge in [0.1, 0.15) is 5.75 Å². The van der Waals surface area contributed by atoms with Gasteiger partial charge in [-0.2, -0.15) is 5.10 Å². The van der Waals surface area contributed by atoms with Crippen LogP contribution in [-0.2, 0) is 6.54 Å². The Morgan fingerprint density at radius 3 is 2.75 bits per heavy atom. The Morgan fingerprint density at radius 2 is 1.93 bits per heavy atom. The summed E-state index contributed by atoms with van der Waals surface area (Å²) in [5, 5.41) is 8.61. The average molecular weight is 377 g/mol. The number of nitrogens with one attached hydrogen (secondary N) is 1. The highest BCUT2D eigenvalue weighted by atomic mass is 16.5. The van der Waals surface area contributed by atoms with Crippen LogP contribution in [0.4, 0.5) is 0 Å². The SMILES string of the molecule is CCCCn1nc(C(=O)N[C@H]2CCOc3ccccc32)c2ccccc2c1=O. The molecule has 0 saturated heterocycles. The highest BCUT2D eigenvalue weighted by Gasteiger charge is 2.25. The Hall–Kier alpha value is -3.15. The van der Waals surface area contributed by atoms with Gasteiger partial charge in [0.15, 0.2) is 5.69 Å². The van der Waals surface area contributed by atoms with E-state index in [0.717, 1.165) is 24.2 Å². The molecule has 0 radical (unpaired) electrons. The topological polar surface area (TPSA) is 73.2 Å². The van der Waals surface area contributed by atoms with E-state index in [0.29, 0.717) is 30.3 Å². The number of rotatable bonds is 5. The van der Waals surface area contributed by atoms with Crippen molar-refractivity contribution >= 4 is 16.7 Å². The zero-order valence-electron chi connectivity index (χ0n) is 15.9. The molecular formula is C22H23N3O3. The van der Waals surface area contributed by atoms with Crippen LogP contribution in [0.25, 0.3) is 10.8 Å². The molecule has 3 aromatic rings. The van der Waals surface area contributed by atoms with Gasteiger partial charge >= 0.3 is 0 Å². The van der Waals surface area contributed by atoms with Crippen molar-refractivity contribution in [2.75, 3.05) is 6.61 Å². The number of hydrogen-bond donors (Lipinski definition) is 1. The molecule has 0 unspecified atom stereocenters. The van der Waals surface area contributed by atoms with Gasteiger partial charge in [-0.3, -0.25) is 9.59 Å². The van der Waals surface area contributed by atoms with Crippen LogP contribution in [0.5, 0.6) is 5.75 Å². The first-order valence-corrected chi connectivity index (χ1v) is 9.71. The van der Waals surface area contributed by atoms with Crippen molar-refractivity contribution in [3.8, 4) is 5.75 Å². The lowest BCUT2D eigenvalue weighted by Gasteiger charge is -2.26. The van der Waals surface area contributed by atoms with Crippen LogP contribution >= 0.6 is 0 Å². The van der Waals surface area contributed by atoms with Gasteiger partial charge < -0.3 is 10.1 Å². The highest BCUT2D eigenvalue weighted by Crippen LogP contribution is 2.31. The molecule has 0 fully saturated rings. The van der Waals surface area contributed by atoms with Gasteiger partial charge in [-0.05, 0) is 18.6 Å². The Labute approximate surface area is 163 Å². The lowest BCUT2D eigenvalue weighted by atomic mass is 10.00. The lowest BCUT2D eigenvalue weighted by Crippen LogP contribution is -2.35. The number of fused-ring (bicyclic) bond motifs is 2. The molecule has 1 aliphatic heterocycles. The second-order valence-electron chi connectivity index (χ2n) is 6.98. The first-order valence-electron chi connectivity index (χ1n) is 9.71. The summed E-state index contributed by atoms with van der Waals surface area (Å²) >= 11 is 0. The molecule has 2 aromatic carbocycles. The third-order valence-corrected chi connectivity index (χ3v) is 5.07. The third kappa shape index (κ3) is 3.38. The van der Waals surface area contributed by atoms with E-state index >= 15 is 0 Å². The van der Waals surface area contributed by atoms with E-state index in [1.54, 1.807) is 12.1 Å². The molecule has 1 amide bonds. The van der Waals surface area contributed by atoms with Gasteiger partial charge in [0, 0.05) is 23.9 Å². The van der Waals surface area contributed by atoms with Crippen molar-refractivity contribution < 1.29 is 9.53 Å². The van der Waals surface area contributed by atoms with E-state index < -0.39 is 0 Å². The molecule has 1 aliphatic rings. The summed E-state index contributed by atoms with van der Waals surface area (Å²) in [6.45, 7) is 3.11. The number of unbranched alkanes of at least 4 members (excludes halogenated alkanes) is 1. The van der Waals surface area contributed by atoms with E-state index in [4.69, 9.17) is 4.74 Å². The van der Waals surface area contributed by atoms with E-state index in [9.17, 15) is 9.59 Å². The Kier molecular flexibility index (Phi) is 5.10. The number of hydrogen-bond acceptors (Lipinski definition) is 4. The Bertz CT molecular complexity index is 1070. The maximum Gasteiger partial charge on any atom is 0.274 e. The second-order valence-corrected chi connectivity index (χ2v) is 6.98. The number of aromatic nitrogens is 2. The fourth-order valence-electron chi connectivity index (χ4n) is 3.58. The molecule has 6 heteroatoms. The molecule has 0 saturated carbocycles. The number of benzene rings is 2. The van der Waals surface area contributed by atoms with E-state index in [-0.39, 0.29) is 23.2 Å². The number of carbonyl (C=O) groups is 1. The highest BCUT2D eigenvalue weighted by molar-refractivity contribution is 6.04. The van der Waals surface area contributed by atoms with Crippen LogP contribution in [0.1, 0.15) is 48.3 Å². The first-order chi connectivity index (χ1) is 13.7.